The lowest BCUT2D eigenvalue weighted by Crippen LogP contribution is -2.34. The molecule has 0 saturated carbocycles. The van der Waals surface area contributed by atoms with Gasteiger partial charge in [-0.25, -0.2) is 0 Å². The van der Waals surface area contributed by atoms with Crippen LogP contribution in [-0.4, -0.2) is 6.54 Å². The van der Waals surface area contributed by atoms with Crippen molar-refractivity contribution in [3.05, 3.63) is 35.9 Å². The Morgan fingerprint density at radius 2 is 1.43 bits per heavy atom. The molecule has 0 fully saturated rings. The summed E-state index contributed by atoms with van der Waals surface area (Å²) in [4.78, 5) is 0. The van der Waals surface area contributed by atoms with Crippen molar-refractivity contribution in [2.75, 3.05) is 6.54 Å². The minimum atomic E-state index is 0.332. The zero-order valence-electron chi connectivity index (χ0n) is 15.1. The standard InChI is InChI=1S/C20H35N/c1-15(2)18(16(3)4)14-21-19(13-20(5,6)7)17-11-9-8-10-12-17/h8-12,15-16,18-19,21H,13-14H2,1-7H3. The summed E-state index contributed by atoms with van der Waals surface area (Å²) in [5.74, 6) is 2.18. The molecule has 1 aromatic carbocycles. The Bertz CT molecular complexity index is 378. The monoisotopic (exact) mass is 289 g/mol. The summed E-state index contributed by atoms with van der Waals surface area (Å²) < 4.78 is 0. The smallest absolute Gasteiger partial charge is 0.0325 e. The van der Waals surface area contributed by atoms with E-state index in [4.69, 9.17) is 0 Å². The fraction of sp³-hybridized carbons (Fsp3) is 0.700. The quantitative estimate of drug-likeness (QED) is 0.680. The summed E-state index contributed by atoms with van der Waals surface area (Å²) in [5, 5.41) is 3.86. The highest BCUT2D eigenvalue weighted by atomic mass is 14.9. The van der Waals surface area contributed by atoms with Crippen LogP contribution in [0.25, 0.3) is 0 Å². The van der Waals surface area contributed by atoms with Gasteiger partial charge in [0.05, 0.1) is 0 Å². The van der Waals surface area contributed by atoms with E-state index >= 15 is 0 Å². The van der Waals surface area contributed by atoms with Gasteiger partial charge in [0.15, 0.2) is 0 Å². The van der Waals surface area contributed by atoms with E-state index in [0.29, 0.717) is 11.5 Å². The highest BCUT2D eigenvalue weighted by molar-refractivity contribution is 5.19. The summed E-state index contributed by atoms with van der Waals surface area (Å²) in [6.07, 6.45) is 1.17. The highest BCUT2D eigenvalue weighted by Gasteiger charge is 2.23. The van der Waals surface area contributed by atoms with Crippen molar-refractivity contribution in [2.24, 2.45) is 23.2 Å². The molecule has 0 aliphatic heterocycles. The molecular weight excluding hydrogens is 254 g/mol. The fourth-order valence-electron chi connectivity index (χ4n) is 3.13. The minimum Gasteiger partial charge on any atom is -0.310 e. The van der Waals surface area contributed by atoms with Crippen LogP contribution in [0.4, 0.5) is 0 Å². The second-order valence-corrected chi connectivity index (χ2v) is 8.29. The first kappa shape index (κ1) is 18.2. The molecule has 0 heterocycles. The molecule has 0 radical (unpaired) electrons. The average Bonchev–Trinajstić information content (AvgIpc) is 2.36. The van der Waals surface area contributed by atoms with E-state index in [0.717, 1.165) is 24.3 Å². The first-order chi connectivity index (χ1) is 9.70. The summed E-state index contributed by atoms with van der Waals surface area (Å²) >= 11 is 0. The molecule has 0 aliphatic rings. The molecule has 1 nitrogen and oxygen atoms in total. The van der Waals surface area contributed by atoms with Gasteiger partial charge in [0.25, 0.3) is 0 Å². The van der Waals surface area contributed by atoms with Crippen LogP contribution in [-0.2, 0) is 0 Å². The average molecular weight is 290 g/mol. The summed E-state index contributed by atoms with van der Waals surface area (Å²) in [7, 11) is 0. The minimum absolute atomic E-state index is 0.332. The van der Waals surface area contributed by atoms with E-state index in [-0.39, 0.29) is 0 Å². The Labute approximate surface area is 132 Å². The molecular formula is C20H35N. The lowest BCUT2D eigenvalue weighted by molar-refractivity contribution is 0.243. The van der Waals surface area contributed by atoms with Gasteiger partial charge < -0.3 is 5.32 Å². The third kappa shape index (κ3) is 6.65. The van der Waals surface area contributed by atoms with Crippen LogP contribution in [0.5, 0.6) is 0 Å². The molecule has 0 saturated heterocycles. The van der Waals surface area contributed by atoms with Gasteiger partial charge in [-0.15, -0.1) is 0 Å². The summed E-state index contributed by atoms with van der Waals surface area (Å²) in [6.45, 7) is 17.4. The van der Waals surface area contributed by atoms with Gasteiger partial charge in [-0.1, -0.05) is 78.8 Å². The molecule has 0 aliphatic carbocycles. The number of hydrogen-bond acceptors (Lipinski definition) is 1. The van der Waals surface area contributed by atoms with Gasteiger partial charge in [0.1, 0.15) is 0 Å². The molecule has 21 heavy (non-hydrogen) atoms. The summed E-state index contributed by atoms with van der Waals surface area (Å²) in [5.41, 5.74) is 1.75. The molecule has 0 bridgehead atoms. The molecule has 0 spiro atoms. The lowest BCUT2D eigenvalue weighted by Gasteiger charge is -2.31. The SMILES string of the molecule is CC(C)C(CNC(CC(C)(C)C)c1ccccc1)C(C)C. The summed E-state index contributed by atoms with van der Waals surface area (Å²) in [6, 6.07) is 11.4. The largest absolute Gasteiger partial charge is 0.310 e. The number of benzene rings is 1. The van der Waals surface area contributed by atoms with E-state index in [1.54, 1.807) is 0 Å². The number of rotatable bonds is 7. The van der Waals surface area contributed by atoms with Crippen molar-refractivity contribution >= 4 is 0 Å². The van der Waals surface area contributed by atoms with Crippen molar-refractivity contribution in [2.45, 2.75) is 60.9 Å². The number of nitrogens with one attached hydrogen (secondary N) is 1. The maximum Gasteiger partial charge on any atom is 0.0325 e. The predicted molar refractivity (Wildman–Crippen MR) is 94.4 cm³/mol. The van der Waals surface area contributed by atoms with Crippen LogP contribution >= 0.6 is 0 Å². The highest BCUT2D eigenvalue weighted by Crippen LogP contribution is 2.30. The van der Waals surface area contributed by atoms with Gasteiger partial charge >= 0.3 is 0 Å². The zero-order valence-corrected chi connectivity index (χ0v) is 15.1. The van der Waals surface area contributed by atoms with Crippen molar-refractivity contribution in [1.29, 1.82) is 0 Å². The second-order valence-electron chi connectivity index (χ2n) is 8.29. The van der Waals surface area contributed by atoms with Crippen LogP contribution in [0.15, 0.2) is 30.3 Å². The molecule has 1 rings (SSSR count). The Morgan fingerprint density at radius 3 is 1.86 bits per heavy atom. The Hall–Kier alpha value is -0.820. The van der Waals surface area contributed by atoms with Crippen molar-refractivity contribution in [3.8, 4) is 0 Å². The Balaban J connectivity index is 2.79. The van der Waals surface area contributed by atoms with Crippen molar-refractivity contribution in [1.82, 2.24) is 5.32 Å². The zero-order chi connectivity index (χ0) is 16.0. The third-order valence-corrected chi connectivity index (χ3v) is 4.33. The van der Waals surface area contributed by atoms with Crippen LogP contribution < -0.4 is 5.32 Å². The maximum atomic E-state index is 3.86. The first-order valence-corrected chi connectivity index (χ1v) is 8.49. The fourth-order valence-corrected chi connectivity index (χ4v) is 3.13. The topological polar surface area (TPSA) is 12.0 Å². The van der Waals surface area contributed by atoms with Gasteiger partial charge in [-0.3, -0.25) is 0 Å². The first-order valence-electron chi connectivity index (χ1n) is 8.49. The molecule has 1 aromatic rings. The van der Waals surface area contributed by atoms with E-state index in [1.165, 1.54) is 12.0 Å². The van der Waals surface area contributed by atoms with Crippen LogP contribution in [0, 0.1) is 23.2 Å². The van der Waals surface area contributed by atoms with Crippen molar-refractivity contribution in [3.63, 3.8) is 0 Å². The van der Waals surface area contributed by atoms with Crippen LogP contribution in [0.2, 0.25) is 0 Å². The molecule has 1 N–H and O–H groups in total. The van der Waals surface area contributed by atoms with E-state index in [1.807, 2.05) is 0 Å². The molecule has 0 amide bonds. The van der Waals surface area contributed by atoms with Gasteiger partial charge in [0.2, 0.25) is 0 Å². The molecule has 120 valence electrons. The predicted octanol–water partition coefficient (Wildman–Crippen LogP) is 5.68. The molecule has 1 heteroatoms. The molecule has 0 aromatic heterocycles. The van der Waals surface area contributed by atoms with E-state index < -0.39 is 0 Å². The lowest BCUT2D eigenvalue weighted by atomic mass is 9.83. The van der Waals surface area contributed by atoms with Gasteiger partial charge in [0, 0.05) is 6.04 Å². The van der Waals surface area contributed by atoms with Gasteiger partial charge in [-0.2, -0.15) is 0 Å². The Kier molecular flexibility index (Phi) is 6.93. The molecule has 1 atom stereocenters. The molecule has 1 unspecified atom stereocenters. The van der Waals surface area contributed by atoms with Gasteiger partial charge in [-0.05, 0) is 41.7 Å². The maximum absolute atomic E-state index is 3.86. The second kappa shape index (κ2) is 7.98. The Morgan fingerprint density at radius 1 is 0.905 bits per heavy atom. The van der Waals surface area contributed by atoms with E-state index in [9.17, 15) is 0 Å². The number of hydrogen-bond donors (Lipinski definition) is 1. The van der Waals surface area contributed by atoms with E-state index in [2.05, 4.69) is 84.1 Å². The van der Waals surface area contributed by atoms with Crippen molar-refractivity contribution < 1.29 is 0 Å². The van der Waals surface area contributed by atoms with Crippen LogP contribution in [0.3, 0.4) is 0 Å². The third-order valence-electron chi connectivity index (χ3n) is 4.33. The normalized spacial score (nSPS) is 14.2. The van der Waals surface area contributed by atoms with Crippen LogP contribution in [0.1, 0.15) is 66.5 Å².